The van der Waals surface area contributed by atoms with E-state index in [9.17, 15) is 9.59 Å². The van der Waals surface area contributed by atoms with Crippen LogP contribution in [0, 0.1) is 0 Å². The van der Waals surface area contributed by atoms with Gasteiger partial charge in [0.15, 0.2) is 0 Å². The largest absolute Gasteiger partial charge is 0.508 e. The number of carbonyl (C=O) groups is 2. The zero-order chi connectivity index (χ0) is 15.9. The fourth-order valence-electron chi connectivity index (χ4n) is 1.85. The molecule has 0 radical (unpaired) electrons. The number of amides is 2. The van der Waals surface area contributed by atoms with Crippen molar-refractivity contribution in [3.63, 3.8) is 0 Å². The molecule has 1 N–H and O–H groups in total. The molecule has 2 aromatic carbocycles. The van der Waals surface area contributed by atoms with Crippen LogP contribution in [0.4, 0.5) is 5.69 Å². The van der Waals surface area contributed by atoms with E-state index in [-0.39, 0.29) is 17.6 Å². The summed E-state index contributed by atoms with van der Waals surface area (Å²) in [7, 11) is 0. The van der Waals surface area contributed by atoms with Crippen LogP contribution < -0.4 is 4.90 Å². The molecule has 2 aromatic rings. The van der Waals surface area contributed by atoms with E-state index in [2.05, 4.69) is 6.58 Å². The van der Waals surface area contributed by atoms with Crippen molar-refractivity contribution in [1.29, 1.82) is 0 Å². The second-order valence-electron chi connectivity index (χ2n) is 4.48. The maximum Gasteiger partial charge on any atom is 0.258 e. The average molecular weight is 293 g/mol. The van der Waals surface area contributed by atoms with Crippen molar-refractivity contribution < 1.29 is 14.7 Å². The van der Waals surface area contributed by atoms with E-state index in [4.69, 9.17) is 5.11 Å². The highest BCUT2D eigenvalue weighted by Gasteiger charge is 2.24. The van der Waals surface area contributed by atoms with Gasteiger partial charge in [-0.15, -0.1) is 0 Å². The third kappa shape index (κ3) is 3.70. The number of rotatable bonds is 2. The number of hydrogen-bond acceptors (Lipinski definition) is 3. The monoisotopic (exact) mass is 293 g/mol. The normalized spacial score (nSPS) is 12.8. The fourth-order valence-corrected chi connectivity index (χ4v) is 1.85. The van der Waals surface area contributed by atoms with Crippen molar-refractivity contribution in [2.75, 3.05) is 4.90 Å². The van der Waals surface area contributed by atoms with E-state index in [1.54, 1.807) is 0 Å². The van der Waals surface area contributed by atoms with Crippen LogP contribution in [0.3, 0.4) is 0 Å². The van der Waals surface area contributed by atoms with Gasteiger partial charge in [0.25, 0.3) is 11.8 Å². The molecule has 0 unspecified atom stereocenters. The van der Waals surface area contributed by atoms with Gasteiger partial charge in [0.2, 0.25) is 0 Å². The minimum Gasteiger partial charge on any atom is -0.508 e. The average Bonchev–Trinajstić information content (AvgIpc) is 2.89. The van der Waals surface area contributed by atoms with Gasteiger partial charge in [-0.3, -0.25) is 9.59 Å². The van der Waals surface area contributed by atoms with Gasteiger partial charge in [0.05, 0.1) is 5.69 Å². The van der Waals surface area contributed by atoms with Crippen molar-refractivity contribution in [2.24, 2.45) is 0 Å². The summed E-state index contributed by atoms with van der Waals surface area (Å²) in [5.74, 6) is -0.623. The van der Waals surface area contributed by atoms with E-state index in [1.165, 1.54) is 42.0 Å². The van der Waals surface area contributed by atoms with Crippen molar-refractivity contribution in [3.8, 4) is 5.75 Å². The number of hydrogen-bond donors (Lipinski definition) is 1. The third-order valence-corrected chi connectivity index (χ3v) is 2.95. The molecule has 1 aliphatic heterocycles. The number of aromatic hydroxyl groups is 1. The number of phenols is 1. The summed E-state index contributed by atoms with van der Waals surface area (Å²) in [6, 6.07) is 15.9. The maximum atomic E-state index is 11.2. The molecule has 1 aliphatic rings. The Bertz CT molecular complexity index is 685. The predicted octanol–water partition coefficient (Wildman–Crippen LogP) is 3.15. The van der Waals surface area contributed by atoms with E-state index in [0.717, 1.165) is 4.90 Å². The van der Waals surface area contributed by atoms with Crippen molar-refractivity contribution in [1.82, 2.24) is 0 Å². The Hall–Kier alpha value is -3.14. The lowest BCUT2D eigenvalue weighted by atomic mass is 10.2. The molecule has 110 valence electrons. The van der Waals surface area contributed by atoms with Gasteiger partial charge < -0.3 is 5.11 Å². The summed E-state index contributed by atoms with van der Waals surface area (Å²) in [6.45, 7) is 3.63. The van der Waals surface area contributed by atoms with Crippen LogP contribution in [0.5, 0.6) is 5.75 Å². The zero-order valence-corrected chi connectivity index (χ0v) is 11.8. The minimum absolute atomic E-state index is 0.0980. The summed E-state index contributed by atoms with van der Waals surface area (Å²) in [5.41, 5.74) is 1.63. The lowest BCUT2D eigenvalue weighted by Crippen LogP contribution is -2.29. The van der Waals surface area contributed by atoms with E-state index in [1.807, 2.05) is 36.4 Å². The quantitative estimate of drug-likeness (QED) is 0.865. The number of benzene rings is 2. The summed E-state index contributed by atoms with van der Waals surface area (Å²) in [6.07, 6.45) is 4.27. The SMILES string of the molecule is C=Cc1ccccc1.O=C1C=CC(=O)N1c1ccc(O)cc1. The standard InChI is InChI=1S/C10H7NO3.C8H8/c12-8-3-1-7(2-4-8)11-9(13)5-6-10(11)14;1-2-8-6-4-3-5-7-8/h1-6,12H;2-7H,1H2. The third-order valence-electron chi connectivity index (χ3n) is 2.95. The molecule has 2 amide bonds. The molecular weight excluding hydrogens is 278 g/mol. The fraction of sp³-hybridized carbons (Fsp3) is 0. The molecule has 0 spiro atoms. The summed E-state index contributed by atoms with van der Waals surface area (Å²) in [5, 5.41) is 9.03. The Morgan fingerprint density at radius 3 is 1.86 bits per heavy atom. The van der Waals surface area contributed by atoms with Gasteiger partial charge >= 0.3 is 0 Å². The summed E-state index contributed by atoms with van der Waals surface area (Å²) < 4.78 is 0. The number of nitrogens with zero attached hydrogens (tertiary/aromatic N) is 1. The van der Waals surface area contributed by atoms with Crippen molar-refractivity contribution >= 4 is 23.6 Å². The molecule has 0 fully saturated rings. The molecule has 0 aliphatic carbocycles. The molecule has 4 nitrogen and oxygen atoms in total. The molecule has 1 heterocycles. The highest BCUT2D eigenvalue weighted by atomic mass is 16.3. The van der Waals surface area contributed by atoms with E-state index < -0.39 is 0 Å². The maximum absolute atomic E-state index is 11.2. The van der Waals surface area contributed by atoms with Crippen LogP contribution in [-0.2, 0) is 9.59 Å². The van der Waals surface area contributed by atoms with Crippen LogP contribution >= 0.6 is 0 Å². The van der Waals surface area contributed by atoms with Gasteiger partial charge in [0.1, 0.15) is 5.75 Å². The minimum atomic E-state index is -0.360. The molecule has 22 heavy (non-hydrogen) atoms. The lowest BCUT2D eigenvalue weighted by Gasteiger charge is -2.13. The lowest BCUT2D eigenvalue weighted by molar-refractivity contribution is -0.119. The summed E-state index contributed by atoms with van der Waals surface area (Å²) in [4.78, 5) is 23.5. The Morgan fingerprint density at radius 1 is 0.864 bits per heavy atom. The molecule has 0 bridgehead atoms. The smallest absolute Gasteiger partial charge is 0.258 e. The predicted molar refractivity (Wildman–Crippen MR) is 86.3 cm³/mol. The van der Waals surface area contributed by atoms with Gasteiger partial charge in [0, 0.05) is 12.2 Å². The molecule has 0 atom stereocenters. The first-order valence-electron chi connectivity index (χ1n) is 6.64. The van der Waals surface area contributed by atoms with Crippen LogP contribution in [0.25, 0.3) is 6.08 Å². The first-order valence-corrected chi connectivity index (χ1v) is 6.64. The first-order chi connectivity index (χ1) is 10.6. The Labute approximate surface area is 128 Å². The summed E-state index contributed by atoms with van der Waals surface area (Å²) >= 11 is 0. The highest BCUT2D eigenvalue weighted by Crippen LogP contribution is 2.21. The molecule has 0 aromatic heterocycles. The molecule has 3 rings (SSSR count). The van der Waals surface area contributed by atoms with Crippen LogP contribution in [-0.4, -0.2) is 16.9 Å². The van der Waals surface area contributed by atoms with Gasteiger partial charge in [-0.25, -0.2) is 4.90 Å². The van der Waals surface area contributed by atoms with E-state index in [0.29, 0.717) is 5.69 Å². The van der Waals surface area contributed by atoms with Gasteiger partial charge in [-0.1, -0.05) is 43.0 Å². The van der Waals surface area contributed by atoms with Crippen molar-refractivity contribution in [3.05, 3.63) is 78.9 Å². The first kappa shape index (κ1) is 15.3. The van der Waals surface area contributed by atoms with Crippen LogP contribution in [0.15, 0.2) is 73.3 Å². The molecule has 4 heteroatoms. The molecular formula is C18H15NO3. The zero-order valence-electron chi connectivity index (χ0n) is 11.8. The van der Waals surface area contributed by atoms with Crippen LogP contribution in [0.1, 0.15) is 5.56 Å². The molecule has 0 saturated carbocycles. The second-order valence-corrected chi connectivity index (χ2v) is 4.48. The van der Waals surface area contributed by atoms with Gasteiger partial charge in [-0.2, -0.15) is 0 Å². The number of phenolic OH excluding ortho intramolecular Hbond substituents is 1. The Morgan fingerprint density at radius 2 is 1.41 bits per heavy atom. The van der Waals surface area contributed by atoms with E-state index >= 15 is 0 Å². The number of imide groups is 1. The Balaban J connectivity index is 0.000000188. The Kier molecular flexibility index (Phi) is 4.88. The number of carbonyl (C=O) groups excluding carboxylic acids is 2. The van der Waals surface area contributed by atoms with Gasteiger partial charge in [-0.05, 0) is 29.8 Å². The second kappa shape index (κ2) is 7.04. The number of anilines is 1. The van der Waals surface area contributed by atoms with Crippen LogP contribution in [0.2, 0.25) is 0 Å². The highest BCUT2D eigenvalue weighted by molar-refractivity contribution is 6.28. The van der Waals surface area contributed by atoms with Crippen molar-refractivity contribution in [2.45, 2.75) is 0 Å². The molecule has 0 saturated heterocycles. The topological polar surface area (TPSA) is 57.6 Å².